The first-order chi connectivity index (χ1) is 11.9. The van der Waals surface area contributed by atoms with Gasteiger partial charge in [0.25, 0.3) is 0 Å². The molecule has 1 unspecified atom stereocenters. The first-order valence-electron chi connectivity index (χ1n) is 8.52. The van der Waals surface area contributed by atoms with Gasteiger partial charge in [-0.25, -0.2) is 18.9 Å². The number of rotatable bonds is 6. The third-order valence-electron chi connectivity index (χ3n) is 4.32. The van der Waals surface area contributed by atoms with Gasteiger partial charge < -0.3 is 4.74 Å². The molecule has 25 heavy (non-hydrogen) atoms. The van der Waals surface area contributed by atoms with E-state index in [1.54, 1.807) is 18.5 Å². The van der Waals surface area contributed by atoms with Crippen LogP contribution in [0.25, 0.3) is 0 Å². The van der Waals surface area contributed by atoms with Gasteiger partial charge >= 0.3 is 0 Å². The van der Waals surface area contributed by atoms with E-state index in [1.807, 2.05) is 39.0 Å². The number of nitrogens with one attached hydrogen (secondary N) is 1. The Morgan fingerprint density at radius 2 is 1.80 bits per heavy atom. The fourth-order valence-corrected chi connectivity index (χ4v) is 3.73. The van der Waals surface area contributed by atoms with E-state index in [4.69, 9.17) is 4.74 Å². The second-order valence-corrected chi connectivity index (χ2v) is 9.43. The van der Waals surface area contributed by atoms with Crippen molar-refractivity contribution in [1.29, 1.82) is 0 Å². The molecule has 3 rings (SSSR count). The van der Waals surface area contributed by atoms with Crippen molar-refractivity contribution in [3.05, 3.63) is 60.2 Å². The fraction of sp³-hybridized carbons (Fsp3) is 0.474. The van der Waals surface area contributed by atoms with E-state index in [2.05, 4.69) is 26.8 Å². The molecule has 1 aromatic heterocycles. The van der Waals surface area contributed by atoms with Crippen molar-refractivity contribution >= 4 is 11.0 Å². The van der Waals surface area contributed by atoms with Crippen molar-refractivity contribution in [2.24, 2.45) is 0 Å². The molecule has 1 atom stereocenters. The minimum Gasteiger partial charge on any atom is -0.373 e. The van der Waals surface area contributed by atoms with Gasteiger partial charge in [-0.2, -0.15) is 0 Å². The van der Waals surface area contributed by atoms with Crippen molar-refractivity contribution in [1.82, 2.24) is 14.7 Å². The van der Waals surface area contributed by atoms with E-state index >= 15 is 0 Å². The zero-order valence-electron chi connectivity index (χ0n) is 14.9. The molecular weight excluding hydrogens is 334 g/mol. The quantitative estimate of drug-likeness (QED) is 0.861. The SMILES string of the molecule is CC(C)(C)S(=O)NC1(c2ncccn2)CC(OCc2ccccc2)C1. The lowest BCUT2D eigenvalue weighted by Gasteiger charge is -2.47. The number of ether oxygens (including phenoxy) is 1. The van der Waals surface area contributed by atoms with E-state index < -0.39 is 16.5 Å². The fourth-order valence-electron chi connectivity index (χ4n) is 2.81. The van der Waals surface area contributed by atoms with Crippen LogP contribution in [0.3, 0.4) is 0 Å². The van der Waals surface area contributed by atoms with Gasteiger partial charge in [-0.3, -0.25) is 0 Å². The van der Waals surface area contributed by atoms with Crippen LogP contribution in [0, 0.1) is 0 Å². The Morgan fingerprint density at radius 1 is 1.16 bits per heavy atom. The molecule has 0 radical (unpaired) electrons. The van der Waals surface area contributed by atoms with Crippen LogP contribution in [-0.4, -0.2) is 25.0 Å². The molecule has 0 bridgehead atoms. The predicted octanol–water partition coefficient (Wildman–Crippen LogP) is 3.10. The van der Waals surface area contributed by atoms with Gasteiger partial charge in [-0.05, 0) is 32.4 Å². The summed E-state index contributed by atoms with van der Waals surface area (Å²) in [6.45, 7) is 6.45. The molecule has 1 heterocycles. The summed E-state index contributed by atoms with van der Waals surface area (Å²) in [7, 11) is -1.20. The molecule has 1 aliphatic rings. The highest BCUT2D eigenvalue weighted by Gasteiger charge is 2.50. The summed E-state index contributed by atoms with van der Waals surface area (Å²) in [5.41, 5.74) is 0.669. The molecule has 0 spiro atoms. The largest absolute Gasteiger partial charge is 0.373 e. The van der Waals surface area contributed by atoms with Crippen LogP contribution < -0.4 is 4.72 Å². The maximum atomic E-state index is 12.6. The minimum atomic E-state index is -1.20. The van der Waals surface area contributed by atoms with Crippen LogP contribution in [0.1, 0.15) is 45.0 Å². The zero-order chi connectivity index (χ0) is 17.9. The molecule has 0 aliphatic heterocycles. The van der Waals surface area contributed by atoms with Crippen LogP contribution in [0.4, 0.5) is 0 Å². The number of aromatic nitrogens is 2. The van der Waals surface area contributed by atoms with E-state index in [0.29, 0.717) is 25.3 Å². The summed E-state index contributed by atoms with van der Waals surface area (Å²) >= 11 is 0. The highest BCUT2D eigenvalue weighted by atomic mass is 32.2. The van der Waals surface area contributed by atoms with Crippen LogP contribution in [0.15, 0.2) is 48.8 Å². The third-order valence-corrected chi connectivity index (χ3v) is 6.01. The minimum absolute atomic E-state index is 0.105. The normalized spacial score (nSPS) is 24.5. The topological polar surface area (TPSA) is 64.1 Å². The van der Waals surface area contributed by atoms with Gasteiger partial charge in [0, 0.05) is 25.2 Å². The molecule has 1 aliphatic carbocycles. The van der Waals surface area contributed by atoms with Gasteiger partial charge in [-0.15, -0.1) is 0 Å². The third kappa shape index (κ3) is 4.32. The van der Waals surface area contributed by atoms with Crippen molar-refractivity contribution in [2.75, 3.05) is 0 Å². The van der Waals surface area contributed by atoms with Crippen LogP contribution in [0.2, 0.25) is 0 Å². The Balaban J connectivity index is 1.67. The van der Waals surface area contributed by atoms with E-state index in [-0.39, 0.29) is 10.9 Å². The zero-order valence-corrected chi connectivity index (χ0v) is 15.8. The summed E-state index contributed by atoms with van der Waals surface area (Å²) in [5.74, 6) is 0.687. The molecule has 134 valence electrons. The Kier molecular flexibility index (Phi) is 5.32. The Hall–Kier alpha value is -1.63. The summed E-state index contributed by atoms with van der Waals surface area (Å²) < 4.78 is 21.6. The standard InChI is InChI=1S/C19H25N3O2S/c1-18(2,3)25(23)22-19(17-20-10-7-11-21-17)12-16(13-19)24-14-15-8-5-4-6-9-15/h4-11,16,22H,12-14H2,1-3H3. The van der Waals surface area contributed by atoms with Crippen LogP contribution >= 0.6 is 0 Å². The first-order valence-corrected chi connectivity index (χ1v) is 9.67. The summed E-state index contributed by atoms with van der Waals surface area (Å²) in [6, 6.07) is 11.9. The molecule has 5 nitrogen and oxygen atoms in total. The van der Waals surface area contributed by atoms with Crippen molar-refractivity contribution in [3.63, 3.8) is 0 Å². The lowest BCUT2D eigenvalue weighted by molar-refractivity contribution is -0.0618. The molecule has 1 fully saturated rings. The average Bonchev–Trinajstić information content (AvgIpc) is 2.57. The predicted molar refractivity (Wildman–Crippen MR) is 99.0 cm³/mol. The number of benzene rings is 1. The Morgan fingerprint density at radius 3 is 2.40 bits per heavy atom. The Labute approximate surface area is 151 Å². The Bertz CT molecular complexity index is 710. The van der Waals surface area contributed by atoms with E-state index in [1.165, 1.54) is 0 Å². The van der Waals surface area contributed by atoms with Crippen LogP contribution in [-0.2, 0) is 27.9 Å². The van der Waals surface area contributed by atoms with Crippen molar-refractivity contribution < 1.29 is 8.95 Å². The monoisotopic (exact) mass is 359 g/mol. The molecule has 0 amide bonds. The van der Waals surface area contributed by atoms with Gasteiger partial charge in [0.2, 0.25) is 0 Å². The van der Waals surface area contributed by atoms with Gasteiger partial charge in [0.1, 0.15) is 5.82 Å². The highest BCUT2D eigenvalue weighted by molar-refractivity contribution is 7.84. The molecule has 0 saturated heterocycles. The van der Waals surface area contributed by atoms with Crippen molar-refractivity contribution in [3.8, 4) is 0 Å². The number of hydrogen-bond donors (Lipinski definition) is 1. The summed E-state index contributed by atoms with van der Waals surface area (Å²) in [4.78, 5) is 8.79. The second-order valence-electron chi connectivity index (χ2n) is 7.46. The summed E-state index contributed by atoms with van der Waals surface area (Å²) in [5, 5.41) is 0. The first kappa shape index (κ1) is 18.2. The average molecular weight is 359 g/mol. The smallest absolute Gasteiger partial charge is 0.149 e. The lowest BCUT2D eigenvalue weighted by atomic mass is 9.74. The van der Waals surface area contributed by atoms with Crippen LogP contribution in [0.5, 0.6) is 0 Å². The molecular formula is C19H25N3O2S. The lowest BCUT2D eigenvalue weighted by Crippen LogP contribution is -2.58. The maximum absolute atomic E-state index is 12.6. The number of nitrogens with zero attached hydrogens (tertiary/aromatic N) is 2. The summed E-state index contributed by atoms with van der Waals surface area (Å²) in [6.07, 6.45) is 4.99. The van der Waals surface area contributed by atoms with Gasteiger partial charge in [-0.1, -0.05) is 30.3 Å². The van der Waals surface area contributed by atoms with Gasteiger partial charge in [0.15, 0.2) is 0 Å². The number of hydrogen-bond acceptors (Lipinski definition) is 4. The molecule has 1 saturated carbocycles. The molecule has 2 aromatic rings. The van der Waals surface area contributed by atoms with Gasteiger partial charge in [0.05, 0.1) is 34.0 Å². The van der Waals surface area contributed by atoms with Crippen molar-refractivity contribution in [2.45, 2.75) is 56.6 Å². The van der Waals surface area contributed by atoms with E-state index in [0.717, 1.165) is 5.56 Å². The molecule has 6 heteroatoms. The highest BCUT2D eigenvalue weighted by Crippen LogP contribution is 2.42. The molecule has 1 N–H and O–H groups in total. The second kappa shape index (κ2) is 7.32. The molecule has 1 aromatic carbocycles. The van der Waals surface area contributed by atoms with E-state index in [9.17, 15) is 4.21 Å². The maximum Gasteiger partial charge on any atom is 0.149 e.